The fraction of sp³-hybridized carbons (Fsp3) is 1.00. The summed E-state index contributed by atoms with van der Waals surface area (Å²) in [5.74, 6) is 0. The van der Waals surface area contributed by atoms with Crippen molar-refractivity contribution in [1.82, 2.24) is 0 Å². The molecular weight excluding hydrogens is 228 g/mol. The van der Waals surface area contributed by atoms with Crippen LogP contribution in [-0.4, -0.2) is 34.6 Å². The van der Waals surface area contributed by atoms with Gasteiger partial charge in [0.05, 0.1) is 6.10 Å². The maximum Gasteiger partial charge on any atom is 0.0540 e. The monoisotopic (exact) mass is 260 g/mol. The Morgan fingerprint density at radius 2 is 0.833 bits per heavy atom. The van der Waals surface area contributed by atoms with Gasteiger partial charge in [0.2, 0.25) is 0 Å². The van der Waals surface area contributed by atoms with E-state index in [1.807, 2.05) is 0 Å². The molecule has 0 aliphatic carbocycles. The highest BCUT2D eigenvalue weighted by atomic mass is 16.3. The van der Waals surface area contributed by atoms with E-state index >= 15 is 0 Å². The summed E-state index contributed by atoms with van der Waals surface area (Å²) in [5.41, 5.74) is 0. The van der Waals surface area contributed by atoms with Gasteiger partial charge in [-0.15, -0.1) is 0 Å². The zero-order valence-electron chi connectivity index (χ0n) is 11.8. The Morgan fingerprint density at radius 3 is 1.22 bits per heavy atom. The van der Waals surface area contributed by atoms with Crippen LogP contribution in [0, 0.1) is 0 Å². The second-order valence-electron chi connectivity index (χ2n) is 5.21. The van der Waals surface area contributed by atoms with E-state index in [1.54, 1.807) is 0 Å². The maximum absolute atomic E-state index is 9.76. The van der Waals surface area contributed by atoms with Crippen LogP contribution in [0.4, 0.5) is 0 Å². The van der Waals surface area contributed by atoms with Crippen molar-refractivity contribution in [2.45, 2.75) is 83.2 Å². The third-order valence-corrected chi connectivity index (χ3v) is 3.39. The summed E-state index contributed by atoms with van der Waals surface area (Å²) in [6.07, 6.45) is 12.7. The third-order valence-electron chi connectivity index (χ3n) is 3.39. The molecule has 0 amide bonds. The lowest BCUT2D eigenvalue weighted by molar-refractivity contribution is 0.147. The summed E-state index contributed by atoms with van der Waals surface area (Å²) >= 11 is 0. The number of unbranched alkanes of at least 4 members (excludes halogenated alkanes) is 8. The van der Waals surface area contributed by atoms with E-state index in [0.29, 0.717) is 13.2 Å². The van der Waals surface area contributed by atoms with Crippen molar-refractivity contribution in [2.24, 2.45) is 0 Å². The van der Waals surface area contributed by atoms with Crippen LogP contribution in [0.15, 0.2) is 0 Å². The molecule has 18 heavy (non-hydrogen) atoms. The van der Waals surface area contributed by atoms with Gasteiger partial charge < -0.3 is 15.3 Å². The van der Waals surface area contributed by atoms with Gasteiger partial charge in [0.25, 0.3) is 0 Å². The summed E-state index contributed by atoms with van der Waals surface area (Å²) in [5, 5.41) is 27.0. The van der Waals surface area contributed by atoms with Crippen LogP contribution in [0.2, 0.25) is 0 Å². The predicted octanol–water partition coefficient (Wildman–Crippen LogP) is 3.01. The van der Waals surface area contributed by atoms with Crippen LogP contribution in [0.5, 0.6) is 0 Å². The molecule has 0 saturated carbocycles. The van der Waals surface area contributed by atoms with Gasteiger partial charge in [0, 0.05) is 13.2 Å². The van der Waals surface area contributed by atoms with Crippen LogP contribution in [0.1, 0.15) is 77.0 Å². The largest absolute Gasteiger partial charge is 0.396 e. The van der Waals surface area contributed by atoms with E-state index in [4.69, 9.17) is 10.2 Å². The zero-order chi connectivity index (χ0) is 13.5. The highest BCUT2D eigenvalue weighted by Crippen LogP contribution is 2.13. The lowest BCUT2D eigenvalue weighted by Gasteiger charge is -2.10. The van der Waals surface area contributed by atoms with Crippen LogP contribution in [0.25, 0.3) is 0 Å². The average Bonchev–Trinajstić information content (AvgIpc) is 2.37. The third kappa shape index (κ3) is 13.9. The highest BCUT2D eigenvalue weighted by Gasteiger charge is 2.03. The molecular formula is C15H32O3. The van der Waals surface area contributed by atoms with Crippen LogP contribution in [0.3, 0.4) is 0 Å². The minimum atomic E-state index is -0.128. The van der Waals surface area contributed by atoms with Crippen molar-refractivity contribution in [3.05, 3.63) is 0 Å². The summed E-state index contributed by atoms with van der Waals surface area (Å²) in [6.45, 7) is 0.605. The van der Waals surface area contributed by atoms with Gasteiger partial charge in [-0.3, -0.25) is 0 Å². The molecule has 3 N–H and O–H groups in total. The molecule has 0 rings (SSSR count). The Bertz CT molecular complexity index is 151. The van der Waals surface area contributed by atoms with Gasteiger partial charge in [0.15, 0.2) is 0 Å². The molecule has 1 atom stereocenters. The zero-order valence-corrected chi connectivity index (χ0v) is 11.8. The van der Waals surface area contributed by atoms with Crippen molar-refractivity contribution in [3.63, 3.8) is 0 Å². The minimum Gasteiger partial charge on any atom is -0.396 e. The van der Waals surface area contributed by atoms with Crippen LogP contribution >= 0.6 is 0 Å². The Kier molecular flexibility index (Phi) is 14.8. The Labute approximate surface area is 112 Å². The second-order valence-corrected chi connectivity index (χ2v) is 5.21. The normalized spacial score (nSPS) is 12.8. The van der Waals surface area contributed by atoms with Gasteiger partial charge in [-0.05, 0) is 25.7 Å². The van der Waals surface area contributed by atoms with E-state index in [1.165, 1.54) is 19.3 Å². The fourth-order valence-corrected chi connectivity index (χ4v) is 2.19. The minimum absolute atomic E-state index is 0.128. The quantitative estimate of drug-likeness (QED) is 0.421. The molecule has 0 aliphatic rings. The van der Waals surface area contributed by atoms with E-state index < -0.39 is 0 Å². The van der Waals surface area contributed by atoms with Gasteiger partial charge in [-0.25, -0.2) is 0 Å². The smallest absolute Gasteiger partial charge is 0.0540 e. The van der Waals surface area contributed by atoms with Crippen molar-refractivity contribution >= 4 is 0 Å². The van der Waals surface area contributed by atoms with Gasteiger partial charge >= 0.3 is 0 Å². The number of hydrogen-bond acceptors (Lipinski definition) is 3. The molecule has 0 aromatic carbocycles. The molecule has 0 saturated heterocycles. The molecule has 3 heteroatoms. The molecule has 0 spiro atoms. The first-order valence-corrected chi connectivity index (χ1v) is 7.71. The first-order valence-electron chi connectivity index (χ1n) is 7.71. The van der Waals surface area contributed by atoms with E-state index in [9.17, 15) is 5.11 Å². The molecule has 0 bridgehead atoms. The fourth-order valence-electron chi connectivity index (χ4n) is 2.19. The standard InChI is InChI=1S/C15H32O3/c16-13-9-5-2-1-3-7-11-15(18)12-8-4-6-10-14-17/h15-18H,1-14H2. The van der Waals surface area contributed by atoms with Crippen LogP contribution in [-0.2, 0) is 0 Å². The Hall–Kier alpha value is -0.120. The summed E-state index contributed by atoms with van der Waals surface area (Å²) in [4.78, 5) is 0. The summed E-state index contributed by atoms with van der Waals surface area (Å²) in [6, 6.07) is 0. The number of aliphatic hydroxyl groups excluding tert-OH is 3. The maximum atomic E-state index is 9.76. The van der Waals surface area contributed by atoms with E-state index in [0.717, 1.165) is 57.8 Å². The average molecular weight is 260 g/mol. The van der Waals surface area contributed by atoms with Crippen LogP contribution < -0.4 is 0 Å². The molecule has 3 nitrogen and oxygen atoms in total. The first kappa shape index (κ1) is 17.9. The van der Waals surface area contributed by atoms with Crippen molar-refractivity contribution in [1.29, 1.82) is 0 Å². The molecule has 0 aromatic heterocycles. The SMILES string of the molecule is OCCCCCCCCC(O)CCCCCCO. The molecule has 0 aromatic rings. The summed E-state index contributed by atoms with van der Waals surface area (Å²) < 4.78 is 0. The molecule has 0 aliphatic heterocycles. The number of hydrogen-bond donors (Lipinski definition) is 3. The Morgan fingerprint density at radius 1 is 0.500 bits per heavy atom. The second kappa shape index (κ2) is 14.9. The molecule has 0 radical (unpaired) electrons. The molecule has 0 heterocycles. The highest BCUT2D eigenvalue weighted by molar-refractivity contribution is 4.57. The first-order chi connectivity index (χ1) is 8.81. The van der Waals surface area contributed by atoms with Gasteiger partial charge in [0.1, 0.15) is 0 Å². The van der Waals surface area contributed by atoms with E-state index in [2.05, 4.69) is 0 Å². The molecule has 1 unspecified atom stereocenters. The van der Waals surface area contributed by atoms with Gasteiger partial charge in [-0.2, -0.15) is 0 Å². The molecule has 0 fully saturated rings. The Balaban J connectivity index is 3.09. The van der Waals surface area contributed by atoms with E-state index in [-0.39, 0.29) is 6.10 Å². The van der Waals surface area contributed by atoms with Crippen molar-refractivity contribution in [2.75, 3.05) is 13.2 Å². The lowest BCUT2D eigenvalue weighted by atomic mass is 10.0. The summed E-state index contributed by atoms with van der Waals surface area (Å²) in [7, 11) is 0. The molecule has 110 valence electrons. The van der Waals surface area contributed by atoms with Gasteiger partial charge in [-0.1, -0.05) is 51.4 Å². The lowest BCUT2D eigenvalue weighted by Crippen LogP contribution is -2.06. The van der Waals surface area contributed by atoms with Crippen molar-refractivity contribution in [3.8, 4) is 0 Å². The predicted molar refractivity (Wildman–Crippen MR) is 75.6 cm³/mol. The number of aliphatic hydroxyl groups is 3. The van der Waals surface area contributed by atoms with Crippen molar-refractivity contribution < 1.29 is 15.3 Å². The topological polar surface area (TPSA) is 60.7 Å². The number of rotatable bonds is 14.